The zero-order chi connectivity index (χ0) is 13.4. The molecule has 0 radical (unpaired) electrons. The van der Waals surface area contributed by atoms with Crippen LogP contribution >= 0.6 is 23.2 Å². The van der Waals surface area contributed by atoms with Crippen LogP contribution < -0.4 is 0 Å². The monoisotopic (exact) mass is 292 g/mol. The van der Waals surface area contributed by atoms with E-state index in [9.17, 15) is 5.11 Å². The summed E-state index contributed by atoms with van der Waals surface area (Å²) in [7, 11) is 0. The summed E-state index contributed by atoms with van der Waals surface area (Å²) in [6.45, 7) is 0. The van der Waals surface area contributed by atoms with E-state index in [1.165, 1.54) is 0 Å². The number of para-hydroxylation sites is 1. The molecule has 3 rings (SSSR count). The number of aliphatic hydroxyl groups excluding tert-OH is 1. The van der Waals surface area contributed by atoms with Gasteiger partial charge in [0.25, 0.3) is 0 Å². The molecule has 0 aliphatic heterocycles. The highest BCUT2D eigenvalue weighted by Crippen LogP contribution is 2.33. The Hall–Kier alpha value is -1.48. The molecule has 0 aliphatic rings. The minimum absolute atomic E-state index is 0.427. The number of furan rings is 1. The summed E-state index contributed by atoms with van der Waals surface area (Å²) in [6.07, 6.45) is -0.905. The second-order valence-electron chi connectivity index (χ2n) is 4.23. The fourth-order valence-corrected chi connectivity index (χ4v) is 2.49. The van der Waals surface area contributed by atoms with Crippen molar-refractivity contribution in [3.63, 3.8) is 0 Å². The number of rotatable bonds is 2. The summed E-state index contributed by atoms with van der Waals surface area (Å²) in [4.78, 5) is 0. The molecule has 19 heavy (non-hydrogen) atoms. The highest BCUT2D eigenvalue weighted by atomic mass is 35.5. The minimum atomic E-state index is -0.905. The maximum Gasteiger partial charge on any atom is 0.153 e. The first-order chi connectivity index (χ1) is 9.16. The van der Waals surface area contributed by atoms with Gasteiger partial charge in [-0.05, 0) is 18.2 Å². The maximum atomic E-state index is 10.3. The molecule has 1 aromatic heterocycles. The van der Waals surface area contributed by atoms with Gasteiger partial charge in [0.1, 0.15) is 11.9 Å². The molecule has 2 nitrogen and oxygen atoms in total. The van der Waals surface area contributed by atoms with E-state index in [-0.39, 0.29) is 0 Å². The van der Waals surface area contributed by atoms with E-state index in [4.69, 9.17) is 27.6 Å². The molecule has 1 atom stereocenters. The van der Waals surface area contributed by atoms with Gasteiger partial charge < -0.3 is 9.52 Å². The van der Waals surface area contributed by atoms with Gasteiger partial charge in [0.2, 0.25) is 0 Å². The molecule has 3 aromatic rings. The lowest BCUT2D eigenvalue weighted by molar-refractivity contribution is 0.192. The predicted molar refractivity (Wildman–Crippen MR) is 76.7 cm³/mol. The largest absolute Gasteiger partial charge is 0.456 e. The molecule has 0 amide bonds. The average molecular weight is 293 g/mol. The first-order valence-corrected chi connectivity index (χ1v) is 6.53. The summed E-state index contributed by atoms with van der Waals surface area (Å²) in [6, 6.07) is 14.4. The Morgan fingerprint density at radius 2 is 1.68 bits per heavy atom. The van der Waals surface area contributed by atoms with Gasteiger partial charge in [0.15, 0.2) is 5.58 Å². The second kappa shape index (κ2) is 4.89. The third kappa shape index (κ3) is 2.23. The van der Waals surface area contributed by atoms with Crippen molar-refractivity contribution < 1.29 is 9.52 Å². The van der Waals surface area contributed by atoms with Gasteiger partial charge in [-0.25, -0.2) is 0 Å². The van der Waals surface area contributed by atoms with Crippen LogP contribution in [0.25, 0.3) is 11.0 Å². The predicted octanol–water partition coefficient (Wildman–Crippen LogP) is 4.82. The number of benzene rings is 2. The van der Waals surface area contributed by atoms with Gasteiger partial charge in [-0.1, -0.05) is 53.5 Å². The molecule has 4 heteroatoms. The molecule has 0 saturated carbocycles. The number of fused-ring (bicyclic) bond motifs is 1. The van der Waals surface area contributed by atoms with Crippen LogP contribution in [0.5, 0.6) is 0 Å². The Balaban J connectivity index is 2.10. The van der Waals surface area contributed by atoms with Gasteiger partial charge in [0.05, 0.1) is 5.02 Å². The molecule has 1 heterocycles. The van der Waals surface area contributed by atoms with E-state index in [0.717, 1.165) is 5.39 Å². The smallest absolute Gasteiger partial charge is 0.153 e. The highest BCUT2D eigenvalue weighted by molar-refractivity contribution is 6.34. The van der Waals surface area contributed by atoms with Crippen LogP contribution in [0, 0.1) is 0 Å². The number of hydrogen-bond donors (Lipinski definition) is 1. The fourth-order valence-electron chi connectivity index (χ4n) is 2.03. The number of aliphatic hydroxyl groups is 1. The standard InChI is InChI=1S/C15H10Cl2O2/c16-11-6-2-1-5-10(11)14(18)13-8-9-4-3-7-12(17)15(9)19-13/h1-8,14,18H. The van der Waals surface area contributed by atoms with Crippen LogP contribution in [0.2, 0.25) is 10.0 Å². The molecular formula is C15H10Cl2O2. The first-order valence-electron chi connectivity index (χ1n) is 5.77. The third-order valence-electron chi connectivity index (χ3n) is 2.98. The van der Waals surface area contributed by atoms with Crippen LogP contribution in [0.3, 0.4) is 0 Å². The lowest BCUT2D eigenvalue weighted by Gasteiger charge is -2.09. The van der Waals surface area contributed by atoms with E-state index in [1.807, 2.05) is 24.3 Å². The number of halogens is 2. The van der Waals surface area contributed by atoms with Crippen molar-refractivity contribution in [3.05, 3.63) is 69.9 Å². The van der Waals surface area contributed by atoms with Crippen molar-refractivity contribution in [2.75, 3.05) is 0 Å². The van der Waals surface area contributed by atoms with Crippen molar-refractivity contribution in [2.24, 2.45) is 0 Å². The third-order valence-corrected chi connectivity index (χ3v) is 3.63. The first kappa shape index (κ1) is 12.5. The molecule has 0 aliphatic carbocycles. The fraction of sp³-hybridized carbons (Fsp3) is 0.0667. The summed E-state index contributed by atoms with van der Waals surface area (Å²) in [5, 5.41) is 12.2. The zero-order valence-electron chi connectivity index (χ0n) is 9.81. The molecule has 0 spiro atoms. The molecule has 2 aromatic carbocycles. The summed E-state index contributed by atoms with van der Waals surface area (Å²) < 4.78 is 5.63. The van der Waals surface area contributed by atoms with Crippen molar-refractivity contribution in [1.29, 1.82) is 0 Å². The topological polar surface area (TPSA) is 33.4 Å². The van der Waals surface area contributed by atoms with Gasteiger partial charge in [0, 0.05) is 16.0 Å². The van der Waals surface area contributed by atoms with Crippen molar-refractivity contribution in [3.8, 4) is 0 Å². The normalized spacial score (nSPS) is 12.8. The maximum absolute atomic E-state index is 10.3. The van der Waals surface area contributed by atoms with Crippen molar-refractivity contribution >= 4 is 34.2 Å². The Kier molecular flexibility index (Phi) is 3.23. The molecule has 1 unspecified atom stereocenters. The lowest BCUT2D eigenvalue weighted by Crippen LogP contribution is -1.98. The quantitative estimate of drug-likeness (QED) is 0.734. The van der Waals surface area contributed by atoms with Gasteiger partial charge in [-0.2, -0.15) is 0 Å². The van der Waals surface area contributed by atoms with Gasteiger partial charge in [-0.15, -0.1) is 0 Å². The lowest BCUT2D eigenvalue weighted by atomic mass is 10.1. The van der Waals surface area contributed by atoms with Crippen LogP contribution in [0.1, 0.15) is 17.4 Å². The Morgan fingerprint density at radius 1 is 0.947 bits per heavy atom. The minimum Gasteiger partial charge on any atom is -0.456 e. The zero-order valence-corrected chi connectivity index (χ0v) is 11.3. The Bertz CT molecular complexity index is 734. The summed E-state index contributed by atoms with van der Waals surface area (Å²) in [5.74, 6) is 0.427. The van der Waals surface area contributed by atoms with Crippen molar-refractivity contribution in [2.45, 2.75) is 6.10 Å². The summed E-state index contributed by atoms with van der Waals surface area (Å²) in [5.41, 5.74) is 1.18. The van der Waals surface area contributed by atoms with Crippen LogP contribution in [-0.4, -0.2) is 5.11 Å². The van der Waals surface area contributed by atoms with Gasteiger partial charge >= 0.3 is 0 Å². The van der Waals surface area contributed by atoms with Crippen LogP contribution in [0.15, 0.2) is 52.9 Å². The Morgan fingerprint density at radius 3 is 2.42 bits per heavy atom. The van der Waals surface area contributed by atoms with Gasteiger partial charge in [-0.3, -0.25) is 0 Å². The summed E-state index contributed by atoms with van der Waals surface area (Å²) >= 11 is 12.1. The van der Waals surface area contributed by atoms with Crippen molar-refractivity contribution in [1.82, 2.24) is 0 Å². The molecule has 96 valence electrons. The molecule has 0 saturated heterocycles. The molecule has 0 bridgehead atoms. The van der Waals surface area contributed by atoms with E-state index < -0.39 is 6.10 Å². The van der Waals surface area contributed by atoms with E-state index in [0.29, 0.717) is 27.0 Å². The SMILES string of the molecule is OC(c1cc2cccc(Cl)c2o1)c1ccccc1Cl. The highest BCUT2D eigenvalue weighted by Gasteiger charge is 2.18. The second-order valence-corrected chi connectivity index (χ2v) is 5.05. The number of hydrogen-bond acceptors (Lipinski definition) is 2. The van der Waals surface area contributed by atoms with Crippen LogP contribution in [0.4, 0.5) is 0 Å². The molecule has 0 fully saturated rings. The van der Waals surface area contributed by atoms with E-state index in [2.05, 4.69) is 0 Å². The van der Waals surface area contributed by atoms with Crippen LogP contribution in [-0.2, 0) is 0 Å². The molecular weight excluding hydrogens is 283 g/mol. The van der Waals surface area contributed by atoms with E-state index >= 15 is 0 Å². The average Bonchev–Trinajstić information content (AvgIpc) is 2.84. The molecule has 1 N–H and O–H groups in total. The van der Waals surface area contributed by atoms with E-state index in [1.54, 1.807) is 24.3 Å². The Labute approximate surface area is 120 Å².